The minimum absolute atomic E-state index is 0.0607. The molecule has 3 rings (SSSR count). The highest BCUT2D eigenvalue weighted by molar-refractivity contribution is 6.41. The number of aliphatic imine (C=N–C) groups is 4. The summed E-state index contributed by atoms with van der Waals surface area (Å²) in [4.78, 5) is 21.1. The van der Waals surface area contributed by atoms with Gasteiger partial charge < -0.3 is 20.1 Å². The molecule has 2 saturated carbocycles. The zero-order valence-corrected chi connectivity index (χ0v) is 24.3. The Bertz CT molecular complexity index is 941. The maximum absolute atomic E-state index is 9.37. The van der Waals surface area contributed by atoms with Crippen molar-refractivity contribution in [1.82, 2.24) is 10.2 Å². The summed E-state index contributed by atoms with van der Waals surface area (Å²) in [6.07, 6.45) is 10.5. The van der Waals surface area contributed by atoms with Crippen molar-refractivity contribution in [2.75, 3.05) is 33.5 Å². The average Bonchev–Trinajstić information content (AvgIpc) is 3.15. The van der Waals surface area contributed by atoms with Crippen LogP contribution in [0.3, 0.4) is 0 Å². The second-order valence-electron chi connectivity index (χ2n) is 11.0. The fourth-order valence-corrected chi connectivity index (χ4v) is 5.32. The number of ether oxygens (including phenoxy) is 1. The van der Waals surface area contributed by atoms with Gasteiger partial charge in [-0.2, -0.15) is 0 Å². The first-order valence-corrected chi connectivity index (χ1v) is 14.4. The van der Waals surface area contributed by atoms with Crippen LogP contribution in [0.4, 0.5) is 0 Å². The van der Waals surface area contributed by atoms with Crippen molar-refractivity contribution in [2.24, 2.45) is 31.8 Å². The topological polar surface area (TPSA) is 118 Å². The van der Waals surface area contributed by atoms with Crippen LogP contribution in [-0.4, -0.2) is 90.1 Å². The van der Waals surface area contributed by atoms with Crippen LogP contribution in [-0.2, 0) is 4.74 Å². The number of nitrogens with zero attached hydrogens (tertiary/aromatic N) is 5. The predicted molar refractivity (Wildman–Crippen MR) is 158 cm³/mol. The lowest BCUT2D eigenvalue weighted by molar-refractivity contribution is -0.0223. The molecule has 0 aromatic carbocycles. The van der Waals surface area contributed by atoms with Crippen LogP contribution in [0.1, 0.15) is 72.1 Å². The zero-order valence-electron chi connectivity index (χ0n) is 23.5. The van der Waals surface area contributed by atoms with Crippen LogP contribution in [0, 0.1) is 17.2 Å². The van der Waals surface area contributed by atoms with Crippen molar-refractivity contribution in [3.63, 3.8) is 0 Å². The number of aliphatic hydroxyl groups is 1. The number of hydrogen-bond donors (Lipinski definition) is 3. The first-order chi connectivity index (χ1) is 18.2. The summed E-state index contributed by atoms with van der Waals surface area (Å²) in [5, 5.41) is 20.4. The third-order valence-corrected chi connectivity index (χ3v) is 8.16. The molecule has 2 unspecified atom stereocenters. The molecule has 3 aliphatic rings. The minimum Gasteiger partial charge on any atom is -0.377 e. The van der Waals surface area contributed by atoms with E-state index in [9.17, 15) is 5.11 Å². The molecule has 0 aromatic heterocycles. The van der Waals surface area contributed by atoms with Crippen LogP contribution in [0.25, 0.3) is 0 Å². The van der Waals surface area contributed by atoms with Crippen LogP contribution >= 0.6 is 11.6 Å². The molecule has 10 heteroatoms. The van der Waals surface area contributed by atoms with Crippen molar-refractivity contribution in [3.8, 4) is 0 Å². The molecule has 0 spiro atoms. The van der Waals surface area contributed by atoms with Gasteiger partial charge in [0.25, 0.3) is 0 Å². The molecule has 9 nitrogen and oxygen atoms in total. The Morgan fingerprint density at radius 3 is 2.63 bits per heavy atom. The molecular formula is C28H46ClN7O2. The van der Waals surface area contributed by atoms with Gasteiger partial charge in [0.2, 0.25) is 0 Å². The van der Waals surface area contributed by atoms with E-state index in [0.29, 0.717) is 23.9 Å². The Labute approximate surface area is 233 Å². The zero-order chi connectivity index (χ0) is 27.7. The molecule has 2 atom stereocenters. The molecule has 0 bridgehead atoms. The Morgan fingerprint density at radius 2 is 2.05 bits per heavy atom. The molecule has 0 radical (unpaired) electrons. The maximum Gasteiger partial charge on any atom is 0.192 e. The van der Waals surface area contributed by atoms with E-state index in [1.54, 1.807) is 13.3 Å². The summed E-state index contributed by atoms with van der Waals surface area (Å²) in [7, 11) is 1.77. The normalized spacial score (nSPS) is 27.4. The molecule has 1 heterocycles. The number of methoxy groups -OCH3 is 1. The van der Waals surface area contributed by atoms with Gasteiger partial charge in [0.15, 0.2) is 17.5 Å². The molecule has 0 aromatic rings. The van der Waals surface area contributed by atoms with Gasteiger partial charge in [-0.05, 0) is 69.8 Å². The van der Waals surface area contributed by atoms with E-state index >= 15 is 0 Å². The number of rotatable bonds is 11. The highest BCUT2D eigenvalue weighted by Gasteiger charge is 2.49. The van der Waals surface area contributed by atoms with Crippen LogP contribution in [0.5, 0.6) is 0 Å². The monoisotopic (exact) mass is 547 g/mol. The van der Waals surface area contributed by atoms with Crippen molar-refractivity contribution in [3.05, 3.63) is 12.2 Å². The summed E-state index contributed by atoms with van der Waals surface area (Å²) in [6.45, 7) is 11.8. The Balaban J connectivity index is 1.83. The van der Waals surface area contributed by atoms with E-state index in [4.69, 9.17) is 31.7 Å². The van der Waals surface area contributed by atoms with E-state index in [2.05, 4.69) is 40.6 Å². The van der Waals surface area contributed by atoms with E-state index in [-0.39, 0.29) is 42.0 Å². The largest absolute Gasteiger partial charge is 0.377 e. The molecular weight excluding hydrogens is 502 g/mol. The summed E-state index contributed by atoms with van der Waals surface area (Å²) in [5.41, 5.74) is 0.332. The number of halogens is 1. The molecule has 3 N–H and O–H groups in total. The van der Waals surface area contributed by atoms with Gasteiger partial charge in [0.05, 0.1) is 12.6 Å². The second kappa shape index (κ2) is 14.3. The van der Waals surface area contributed by atoms with Crippen LogP contribution in [0.2, 0.25) is 0 Å². The van der Waals surface area contributed by atoms with Gasteiger partial charge in [0, 0.05) is 31.8 Å². The second-order valence-corrected chi connectivity index (χ2v) is 11.8. The number of nitrogens with one attached hydrogen (secondary N) is 2. The molecule has 38 heavy (non-hydrogen) atoms. The summed E-state index contributed by atoms with van der Waals surface area (Å²) >= 11 is 5.98. The van der Waals surface area contributed by atoms with E-state index in [1.807, 2.05) is 6.92 Å². The van der Waals surface area contributed by atoms with Gasteiger partial charge in [-0.25, -0.2) is 9.98 Å². The molecule has 0 amide bonds. The average molecular weight is 548 g/mol. The van der Waals surface area contributed by atoms with Crippen molar-refractivity contribution >= 4 is 41.2 Å². The van der Waals surface area contributed by atoms with Gasteiger partial charge in [0.1, 0.15) is 18.2 Å². The third-order valence-electron chi connectivity index (χ3n) is 7.95. The molecule has 0 saturated heterocycles. The third kappa shape index (κ3) is 7.96. The lowest BCUT2D eigenvalue weighted by Gasteiger charge is -2.45. The first kappa shape index (κ1) is 30.4. The Morgan fingerprint density at radius 1 is 1.34 bits per heavy atom. The standard InChI is InChI=1S/C28H46ClN7O2/c1-19-7-9-23(10-8-19)17-36-22(4)25(35-27(36)28(38-5)12-6-13-28)34-26(24(30)33-18-37)32-16-20(2)15-31-14-11-21(3)29/h15,19,21-23,37H,2,6-14,16-18H2,1,3-5H3,(H2,30,33)/b31-15-,32-26-,34-25+/t19-,21?,22?,23-. The quantitative estimate of drug-likeness (QED) is 0.153. The summed E-state index contributed by atoms with van der Waals surface area (Å²) < 4.78 is 6.04. The molecule has 212 valence electrons. The van der Waals surface area contributed by atoms with Crippen molar-refractivity contribution in [2.45, 2.75) is 89.2 Å². The summed E-state index contributed by atoms with van der Waals surface area (Å²) in [6, 6.07) is -0.0635. The van der Waals surface area contributed by atoms with Crippen LogP contribution in [0.15, 0.2) is 32.1 Å². The fourth-order valence-electron chi connectivity index (χ4n) is 5.22. The van der Waals surface area contributed by atoms with E-state index in [0.717, 1.165) is 44.0 Å². The van der Waals surface area contributed by atoms with Gasteiger partial charge >= 0.3 is 0 Å². The number of aliphatic hydroxyl groups excluding tert-OH is 1. The summed E-state index contributed by atoms with van der Waals surface area (Å²) in [5.74, 6) is 3.13. The lowest BCUT2D eigenvalue weighted by atomic mass is 9.77. The van der Waals surface area contributed by atoms with Crippen LogP contribution < -0.4 is 5.32 Å². The molecule has 1 aliphatic heterocycles. The van der Waals surface area contributed by atoms with Gasteiger partial charge in [-0.15, -0.1) is 11.6 Å². The number of amidine groups is 4. The molecule has 2 fully saturated rings. The lowest BCUT2D eigenvalue weighted by Crippen LogP contribution is -2.55. The van der Waals surface area contributed by atoms with Crippen molar-refractivity contribution < 1.29 is 9.84 Å². The minimum atomic E-state index is -0.384. The van der Waals surface area contributed by atoms with E-state index < -0.39 is 0 Å². The number of hydrogen-bond acceptors (Lipinski definition) is 6. The first-order valence-electron chi connectivity index (χ1n) is 14.0. The van der Waals surface area contributed by atoms with Gasteiger partial charge in [-0.3, -0.25) is 15.4 Å². The fraction of sp³-hybridized carbons (Fsp3) is 0.750. The Kier molecular flexibility index (Phi) is 11.5. The van der Waals surface area contributed by atoms with E-state index in [1.165, 1.54) is 25.7 Å². The highest BCUT2D eigenvalue weighted by atomic mass is 35.5. The maximum atomic E-state index is 9.37. The Hall–Kier alpha value is -2.10. The molecule has 2 aliphatic carbocycles. The van der Waals surface area contributed by atoms with Crippen molar-refractivity contribution in [1.29, 1.82) is 5.41 Å². The van der Waals surface area contributed by atoms with Gasteiger partial charge in [-0.1, -0.05) is 26.3 Å². The predicted octanol–water partition coefficient (Wildman–Crippen LogP) is 4.44. The number of alkyl halides is 1. The SMILES string of the molecule is C=C(/C=N\CCC(C)Cl)C/N=C(\N=C1\N=C(C2(OC)CCC2)N(C[C@H]2CC[C@H](C)CC2)C1C)C(=N)NCO. The highest BCUT2D eigenvalue weighted by Crippen LogP contribution is 2.41. The smallest absolute Gasteiger partial charge is 0.192 e.